The molecule has 1 N–H and O–H groups in total. The molecule has 0 aromatic heterocycles. The van der Waals surface area contributed by atoms with Gasteiger partial charge in [0.05, 0.1) is 0 Å². The van der Waals surface area contributed by atoms with Gasteiger partial charge in [-0.15, -0.1) is 0 Å². The maximum Gasteiger partial charge on any atom is 0.123 e. The molecule has 1 aliphatic heterocycles. The molecule has 3 heteroatoms. The first-order valence-electron chi connectivity index (χ1n) is 8.93. The minimum atomic E-state index is -0.440. The second kappa shape index (κ2) is 7.67. The molecule has 2 unspecified atom stereocenters. The fraction of sp³-hybridized carbons (Fsp3) is 0.700. The van der Waals surface area contributed by atoms with Crippen molar-refractivity contribution in [2.45, 2.75) is 71.4 Å². The summed E-state index contributed by atoms with van der Waals surface area (Å²) in [7, 11) is 0. The fourth-order valence-electron chi connectivity index (χ4n) is 3.29. The molecule has 0 saturated carbocycles. The third kappa shape index (κ3) is 5.22. The highest BCUT2D eigenvalue weighted by atomic mass is 16.5. The van der Waals surface area contributed by atoms with E-state index in [-0.39, 0.29) is 5.41 Å². The number of β-amino-alcohol motifs (C(OH)–C–C–N with tert-alkyl or cyclic N) is 1. The van der Waals surface area contributed by atoms with Crippen LogP contribution in [0.3, 0.4) is 0 Å². The van der Waals surface area contributed by atoms with Gasteiger partial charge in [0.2, 0.25) is 0 Å². The van der Waals surface area contributed by atoms with Crippen molar-refractivity contribution < 1.29 is 9.84 Å². The molecule has 0 radical (unpaired) electrons. The molecule has 2 atom stereocenters. The Bertz CT molecular complexity index is 507. The van der Waals surface area contributed by atoms with E-state index in [4.69, 9.17) is 4.74 Å². The molecular weight excluding hydrogens is 286 g/mol. The molecule has 1 aromatic rings. The van der Waals surface area contributed by atoms with Gasteiger partial charge in [-0.1, -0.05) is 44.9 Å². The summed E-state index contributed by atoms with van der Waals surface area (Å²) in [5, 5.41) is 10.4. The molecule has 23 heavy (non-hydrogen) atoms. The summed E-state index contributed by atoms with van der Waals surface area (Å²) >= 11 is 0. The number of aliphatic hydroxyl groups is 1. The molecule has 1 aromatic carbocycles. The van der Waals surface area contributed by atoms with Gasteiger partial charge in [0.1, 0.15) is 18.5 Å². The van der Waals surface area contributed by atoms with E-state index in [1.807, 2.05) is 6.07 Å². The number of ether oxygens (including phenoxy) is 1. The van der Waals surface area contributed by atoms with Crippen molar-refractivity contribution in [2.75, 3.05) is 19.7 Å². The zero-order valence-corrected chi connectivity index (χ0v) is 15.4. The SMILES string of the molecule is Cc1ccc(OCC(O)CN2CCCCC2C)c(C(C)(C)C)c1. The van der Waals surface area contributed by atoms with Crippen LogP contribution in [0.15, 0.2) is 18.2 Å². The number of rotatable bonds is 5. The minimum absolute atomic E-state index is 0.0354. The predicted octanol–water partition coefficient (Wildman–Crippen LogP) is 3.91. The van der Waals surface area contributed by atoms with E-state index in [1.165, 1.54) is 30.4 Å². The lowest BCUT2D eigenvalue weighted by atomic mass is 9.85. The van der Waals surface area contributed by atoms with E-state index < -0.39 is 6.10 Å². The van der Waals surface area contributed by atoms with Crippen molar-refractivity contribution in [3.63, 3.8) is 0 Å². The van der Waals surface area contributed by atoms with Crippen LogP contribution in [0.4, 0.5) is 0 Å². The Morgan fingerprint density at radius 1 is 1.30 bits per heavy atom. The van der Waals surface area contributed by atoms with Crippen molar-refractivity contribution in [3.8, 4) is 5.75 Å². The number of aliphatic hydroxyl groups excluding tert-OH is 1. The van der Waals surface area contributed by atoms with Gasteiger partial charge in [-0.3, -0.25) is 4.90 Å². The number of aryl methyl sites for hydroxylation is 1. The molecule has 1 aliphatic rings. The van der Waals surface area contributed by atoms with Crippen LogP contribution in [0.5, 0.6) is 5.75 Å². The van der Waals surface area contributed by atoms with Crippen LogP contribution < -0.4 is 4.74 Å². The molecule has 1 saturated heterocycles. The second-order valence-electron chi connectivity index (χ2n) is 8.05. The zero-order chi connectivity index (χ0) is 17.0. The first-order chi connectivity index (χ1) is 10.8. The number of piperidine rings is 1. The van der Waals surface area contributed by atoms with Crippen LogP contribution >= 0.6 is 0 Å². The third-order valence-electron chi connectivity index (χ3n) is 4.76. The lowest BCUT2D eigenvalue weighted by Gasteiger charge is -2.34. The molecule has 0 aliphatic carbocycles. The second-order valence-corrected chi connectivity index (χ2v) is 8.05. The van der Waals surface area contributed by atoms with Crippen LogP contribution in [0, 0.1) is 6.92 Å². The van der Waals surface area contributed by atoms with Gasteiger partial charge >= 0.3 is 0 Å². The van der Waals surface area contributed by atoms with E-state index in [0.717, 1.165) is 12.3 Å². The largest absolute Gasteiger partial charge is 0.491 e. The molecule has 1 heterocycles. The molecular formula is C20H33NO2. The van der Waals surface area contributed by atoms with E-state index in [1.54, 1.807) is 0 Å². The molecule has 0 bridgehead atoms. The number of nitrogens with zero attached hydrogens (tertiary/aromatic N) is 1. The summed E-state index contributed by atoms with van der Waals surface area (Å²) in [6, 6.07) is 6.87. The van der Waals surface area contributed by atoms with Gasteiger partial charge in [0.25, 0.3) is 0 Å². The highest BCUT2D eigenvalue weighted by Crippen LogP contribution is 2.32. The van der Waals surface area contributed by atoms with Crippen LogP contribution in [0.25, 0.3) is 0 Å². The normalized spacial score (nSPS) is 21.2. The Labute approximate surface area is 141 Å². The summed E-state index contributed by atoms with van der Waals surface area (Å²) in [6.45, 7) is 13.1. The van der Waals surface area contributed by atoms with Crippen LogP contribution in [-0.4, -0.2) is 41.8 Å². The van der Waals surface area contributed by atoms with Crippen molar-refractivity contribution in [1.82, 2.24) is 4.90 Å². The van der Waals surface area contributed by atoms with Gasteiger partial charge < -0.3 is 9.84 Å². The maximum atomic E-state index is 10.4. The van der Waals surface area contributed by atoms with Crippen LogP contribution in [0.1, 0.15) is 58.1 Å². The first kappa shape index (κ1) is 18.3. The number of hydrogen-bond donors (Lipinski definition) is 1. The van der Waals surface area contributed by atoms with Crippen molar-refractivity contribution in [3.05, 3.63) is 29.3 Å². The Morgan fingerprint density at radius 3 is 2.70 bits per heavy atom. The summed E-state index contributed by atoms with van der Waals surface area (Å²) in [5.74, 6) is 0.897. The molecule has 2 rings (SSSR count). The first-order valence-corrected chi connectivity index (χ1v) is 8.93. The van der Waals surface area contributed by atoms with Gasteiger partial charge in [-0.25, -0.2) is 0 Å². The highest BCUT2D eigenvalue weighted by molar-refractivity contribution is 5.41. The Hall–Kier alpha value is -1.06. The Kier molecular flexibility index (Phi) is 6.10. The number of hydrogen-bond acceptors (Lipinski definition) is 3. The summed E-state index contributed by atoms with van der Waals surface area (Å²) in [5.41, 5.74) is 2.48. The standard InChI is InChI=1S/C20H33NO2/c1-15-9-10-19(18(12-15)20(3,4)5)23-14-17(22)13-21-11-7-6-8-16(21)2/h9-10,12,16-17,22H,6-8,11,13-14H2,1-5H3. The number of likely N-dealkylation sites (tertiary alicyclic amines) is 1. The summed E-state index contributed by atoms with van der Waals surface area (Å²) in [6.07, 6.45) is 3.34. The Balaban J connectivity index is 1.95. The maximum absolute atomic E-state index is 10.4. The van der Waals surface area contributed by atoms with Gasteiger partial charge in [-0.2, -0.15) is 0 Å². The predicted molar refractivity (Wildman–Crippen MR) is 96.3 cm³/mol. The van der Waals surface area contributed by atoms with Gasteiger partial charge in [-0.05, 0) is 50.3 Å². The summed E-state index contributed by atoms with van der Waals surface area (Å²) < 4.78 is 5.98. The molecule has 0 spiro atoms. The van der Waals surface area contributed by atoms with Crippen molar-refractivity contribution in [2.24, 2.45) is 0 Å². The molecule has 1 fully saturated rings. The van der Waals surface area contributed by atoms with Gasteiger partial charge in [0, 0.05) is 12.6 Å². The van der Waals surface area contributed by atoms with E-state index in [0.29, 0.717) is 19.2 Å². The van der Waals surface area contributed by atoms with Gasteiger partial charge in [0.15, 0.2) is 0 Å². The van der Waals surface area contributed by atoms with Crippen molar-refractivity contribution in [1.29, 1.82) is 0 Å². The average Bonchev–Trinajstić information content (AvgIpc) is 2.47. The highest BCUT2D eigenvalue weighted by Gasteiger charge is 2.22. The van der Waals surface area contributed by atoms with Crippen LogP contribution in [0.2, 0.25) is 0 Å². The lowest BCUT2D eigenvalue weighted by molar-refractivity contribution is 0.0433. The molecule has 130 valence electrons. The quantitative estimate of drug-likeness (QED) is 0.893. The van der Waals surface area contributed by atoms with E-state index in [9.17, 15) is 5.11 Å². The monoisotopic (exact) mass is 319 g/mol. The molecule has 0 amide bonds. The van der Waals surface area contributed by atoms with E-state index in [2.05, 4.69) is 51.7 Å². The van der Waals surface area contributed by atoms with Crippen LogP contribution in [-0.2, 0) is 5.41 Å². The molecule has 3 nitrogen and oxygen atoms in total. The average molecular weight is 319 g/mol. The topological polar surface area (TPSA) is 32.7 Å². The summed E-state index contributed by atoms with van der Waals surface area (Å²) in [4.78, 5) is 2.39. The smallest absolute Gasteiger partial charge is 0.123 e. The minimum Gasteiger partial charge on any atom is -0.491 e. The van der Waals surface area contributed by atoms with Crippen molar-refractivity contribution >= 4 is 0 Å². The lowest BCUT2D eigenvalue weighted by Crippen LogP contribution is -2.43. The van der Waals surface area contributed by atoms with E-state index >= 15 is 0 Å². The number of benzene rings is 1. The Morgan fingerprint density at radius 2 is 2.04 bits per heavy atom. The fourth-order valence-corrected chi connectivity index (χ4v) is 3.29. The zero-order valence-electron chi connectivity index (χ0n) is 15.4. The third-order valence-corrected chi connectivity index (χ3v) is 4.76.